The molecule has 0 aliphatic rings. The van der Waals surface area contributed by atoms with E-state index in [1.165, 1.54) is 0 Å². The van der Waals surface area contributed by atoms with Crippen molar-refractivity contribution >= 4 is 5.91 Å². The fraction of sp³-hybridized carbons (Fsp3) is 0.417. The second-order valence-electron chi connectivity index (χ2n) is 3.45. The van der Waals surface area contributed by atoms with Crippen LogP contribution in [0.4, 0.5) is 0 Å². The third-order valence-electron chi connectivity index (χ3n) is 2.21. The molecule has 0 aliphatic carbocycles. The summed E-state index contributed by atoms with van der Waals surface area (Å²) in [5.74, 6) is 0.694. The summed E-state index contributed by atoms with van der Waals surface area (Å²) in [6, 6.07) is 7.19. The van der Waals surface area contributed by atoms with Gasteiger partial charge in [0.05, 0.1) is 7.11 Å². The Morgan fingerprint density at radius 2 is 2.00 bits per heavy atom. The zero-order valence-corrected chi connectivity index (χ0v) is 9.60. The number of benzene rings is 1. The Balaban J connectivity index is 2.80. The summed E-state index contributed by atoms with van der Waals surface area (Å²) in [6.45, 7) is 1.97. The largest absolute Gasteiger partial charge is 0.493 e. The van der Waals surface area contributed by atoms with Gasteiger partial charge in [0.2, 0.25) is 0 Å². The topological polar surface area (TPSA) is 61.6 Å². The molecule has 88 valence electrons. The second-order valence-corrected chi connectivity index (χ2v) is 3.45. The van der Waals surface area contributed by atoms with E-state index in [0.29, 0.717) is 17.9 Å². The molecule has 0 heterocycles. The van der Waals surface area contributed by atoms with Gasteiger partial charge in [-0.1, -0.05) is 25.5 Å². The van der Waals surface area contributed by atoms with E-state index >= 15 is 0 Å². The van der Waals surface area contributed by atoms with E-state index in [0.717, 1.165) is 6.42 Å². The molecule has 1 rings (SSSR count). The minimum Gasteiger partial charge on any atom is -0.493 e. The first-order valence-corrected chi connectivity index (χ1v) is 5.28. The van der Waals surface area contributed by atoms with Crippen molar-refractivity contribution in [3.8, 4) is 11.5 Å². The number of nitrogens with two attached hydrogens (primary N) is 1. The fourth-order valence-electron chi connectivity index (χ4n) is 1.39. The lowest BCUT2D eigenvalue weighted by Crippen LogP contribution is -2.33. The van der Waals surface area contributed by atoms with Crippen LogP contribution in [-0.4, -0.2) is 19.1 Å². The number of amides is 1. The Kier molecular flexibility index (Phi) is 4.64. The van der Waals surface area contributed by atoms with Gasteiger partial charge in [-0.15, -0.1) is 0 Å². The van der Waals surface area contributed by atoms with Gasteiger partial charge in [0.15, 0.2) is 17.6 Å². The molecular formula is C12H17NO3. The number of hydrogen-bond acceptors (Lipinski definition) is 3. The zero-order chi connectivity index (χ0) is 12.0. The van der Waals surface area contributed by atoms with Gasteiger partial charge in [-0.25, -0.2) is 0 Å². The van der Waals surface area contributed by atoms with Crippen LogP contribution in [0, 0.1) is 0 Å². The summed E-state index contributed by atoms with van der Waals surface area (Å²) in [7, 11) is 1.56. The molecule has 4 nitrogen and oxygen atoms in total. The van der Waals surface area contributed by atoms with Crippen molar-refractivity contribution in [1.82, 2.24) is 0 Å². The molecule has 0 spiro atoms. The zero-order valence-electron chi connectivity index (χ0n) is 9.60. The molecule has 0 aliphatic heterocycles. The summed E-state index contributed by atoms with van der Waals surface area (Å²) < 4.78 is 10.7. The highest BCUT2D eigenvalue weighted by molar-refractivity contribution is 5.79. The standard InChI is InChI=1S/C12H17NO3/c1-3-6-11(12(13)14)16-10-8-5-4-7-9(10)15-2/h4-5,7-8,11H,3,6H2,1-2H3,(H2,13,14). The van der Waals surface area contributed by atoms with Crippen molar-refractivity contribution in [2.24, 2.45) is 5.73 Å². The average Bonchev–Trinajstić information content (AvgIpc) is 2.29. The Morgan fingerprint density at radius 1 is 1.38 bits per heavy atom. The lowest BCUT2D eigenvalue weighted by Gasteiger charge is -2.17. The Morgan fingerprint density at radius 3 is 2.50 bits per heavy atom. The normalized spacial score (nSPS) is 11.9. The molecule has 0 radical (unpaired) electrons. The van der Waals surface area contributed by atoms with Crippen LogP contribution in [0.15, 0.2) is 24.3 Å². The third kappa shape index (κ3) is 3.15. The van der Waals surface area contributed by atoms with Crippen LogP contribution in [0.5, 0.6) is 11.5 Å². The van der Waals surface area contributed by atoms with Crippen LogP contribution in [0.25, 0.3) is 0 Å². The molecule has 0 saturated heterocycles. The maximum atomic E-state index is 11.1. The molecule has 1 unspecified atom stereocenters. The quantitative estimate of drug-likeness (QED) is 0.798. The van der Waals surface area contributed by atoms with E-state index in [4.69, 9.17) is 15.2 Å². The van der Waals surface area contributed by atoms with Gasteiger partial charge in [0.1, 0.15) is 0 Å². The van der Waals surface area contributed by atoms with Crippen molar-refractivity contribution in [2.45, 2.75) is 25.9 Å². The predicted octanol–water partition coefficient (Wildman–Crippen LogP) is 1.73. The first-order valence-electron chi connectivity index (χ1n) is 5.28. The third-order valence-corrected chi connectivity index (χ3v) is 2.21. The van der Waals surface area contributed by atoms with Crippen LogP contribution in [0.1, 0.15) is 19.8 Å². The summed E-state index contributed by atoms with van der Waals surface area (Å²) >= 11 is 0. The van der Waals surface area contributed by atoms with Crippen molar-refractivity contribution < 1.29 is 14.3 Å². The first kappa shape index (κ1) is 12.4. The molecule has 0 saturated carbocycles. The minimum atomic E-state index is -0.596. The Hall–Kier alpha value is -1.71. The van der Waals surface area contributed by atoms with Crippen LogP contribution >= 0.6 is 0 Å². The van der Waals surface area contributed by atoms with Gasteiger partial charge in [-0.3, -0.25) is 4.79 Å². The summed E-state index contributed by atoms with van der Waals surface area (Å²) in [5.41, 5.74) is 5.26. The molecule has 1 atom stereocenters. The van der Waals surface area contributed by atoms with E-state index in [1.54, 1.807) is 19.2 Å². The van der Waals surface area contributed by atoms with Gasteiger partial charge >= 0.3 is 0 Å². The summed E-state index contributed by atoms with van der Waals surface area (Å²) in [5, 5.41) is 0. The molecule has 4 heteroatoms. The number of hydrogen-bond donors (Lipinski definition) is 1. The maximum Gasteiger partial charge on any atom is 0.258 e. The SMILES string of the molecule is CCCC(Oc1ccccc1OC)C(N)=O. The van der Waals surface area contributed by atoms with Gasteiger partial charge in [0, 0.05) is 0 Å². The molecule has 1 aromatic rings. The average molecular weight is 223 g/mol. The lowest BCUT2D eigenvalue weighted by molar-refractivity contribution is -0.125. The van der Waals surface area contributed by atoms with Crippen molar-refractivity contribution in [1.29, 1.82) is 0 Å². The van der Waals surface area contributed by atoms with Crippen LogP contribution in [-0.2, 0) is 4.79 Å². The number of methoxy groups -OCH3 is 1. The molecule has 0 aromatic heterocycles. The van der Waals surface area contributed by atoms with Crippen molar-refractivity contribution in [3.05, 3.63) is 24.3 Å². The highest BCUT2D eigenvalue weighted by Crippen LogP contribution is 2.27. The number of primary amides is 1. The number of para-hydroxylation sites is 2. The van der Waals surface area contributed by atoms with E-state index in [1.807, 2.05) is 19.1 Å². The number of ether oxygens (including phenoxy) is 2. The maximum absolute atomic E-state index is 11.1. The van der Waals surface area contributed by atoms with E-state index in [2.05, 4.69) is 0 Å². The number of carbonyl (C=O) groups excluding carboxylic acids is 1. The highest BCUT2D eigenvalue weighted by atomic mass is 16.5. The smallest absolute Gasteiger partial charge is 0.258 e. The van der Waals surface area contributed by atoms with Gasteiger partial charge < -0.3 is 15.2 Å². The van der Waals surface area contributed by atoms with Gasteiger partial charge in [0.25, 0.3) is 5.91 Å². The van der Waals surface area contributed by atoms with Crippen molar-refractivity contribution in [3.63, 3.8) is 0 Å². The Labute approximate surface area is 95.3 Å². The lowest BCUT2D eigenvalue weighted by atomic mass is 10.2. The summed E-state index contributed by atoms with van der Waals surface area (Å²) in [4.78, 5) is 11.1. The van der Waals surface area contributed by atoms with Gasteiger partial charge in [-0.2, -0.15) is 0 Å². The highest BCUT2D eigenvalue weighted by Gasteiger charge is 2.17. The van der Waals surface area contributed by atoms with E-state index in [-0.39, 0.29) is 0 Å². The summed E-state index contributed by atoms with van der Waals surface area (Å²) in [6.07, 6.45) is 0.845. The molecule has 2 N–H and O–H groups in total. The molecule has 1 aromatic carbocycles. The van der Waals surface area contributed by atoms with Crippen molar-refractivity contribution in [2.75, 3.05) is 7.11 Å². The van der Waals surface area contributed by atoms with E-state index in [9.17, 15) is 4.79 Å². The first-order chi connectivity index (χ1) is 7.69. The predicted molar refractivity (Wildman–Crippen MR) is 61.5 cm³/mol. The molecule has 0 bridgehead atoms. The minimum absolute atomic E-state index is 0.451. The second kappa shape index (κ2) is 6.00. The number of carbonyl (C=O) groups is 1. The monoisotopic (exact) mass is 223 g/mol. The Bertz CT molecular complexity index is 352. The van der Waals surface area contributed by atoms with Gasteiger partial charge in [-0.05, 0) is 18.6 Å². The van der Waals surface area contributed by atoms with Crippen LogP contribution in [0.2, 0.25) is 0 Å². The molecule has 0 fully saturated rings. The molecule has 1 amide bonds. The van der Waals surface area contributed by atoms with E-state index < -0.39 is 12.0 Å². The molecule has 16 heavy (non-hydrogen) atoms. The molecular weight excluding hydrogens is 206 g/mol. The van der Waals surface area contributed by atoms with Crippen LogP contribution < -0.4 is 15.2 Å². The fourth-order valence-corrected chi connectivity index (χ4v) is 1.39. The number of rotatable bonds is 6. The van der Waals surface area contributed by atoms with Crippen LogP contribution in [0.3, 0.4) is 0 Å².